The Balaban J connectivity index is 1.55. The largest absolute Gasteiger partial charge is 0.493 e. The van der Waals surface area contributed by atoms with Gasteiger partial charge >= 0.3 is 0 Å². The van der Waals surface area contributed by atoms with E-state index in [0.717, 1.165) is 31.2 Å². The van der Waals surface area contributed by atoms with E-state index in [4.69, 9.17) is 9.47 Å². The number of carbonyl (C=O) groups excluding carboxylic acids is 2. The number of fused-ring (bicyclic) bond motifs is 1. The fourth-order valence-corrected chi connectivity index (χ4v) is 5.23. The van der Waals surface area contributed by atoms with Gasteiger partial charge in [-0.15, -0.1) is 0 Å². The molecule has 170 valence electrons. The first kappa shape index (κ1) is 22.2. The molecule has 2 aromatic carbocycles. The second-order valence-corrected chi connectivity index (χ2v) is 8.79. The van der Waals surface area contributed by atoms with E-state index >= 15 is 0 Å². The summed E-state index contributed by atoms with van der Waals surface area (Å²) in [4.78, 5) is 28.7. The molecule has 1 saturated carbocycles. The van der Waals surface area contributed by atoms with Crippen LogP contribution in [0.1, 0.15) is 61.0 Å². The van der Waals surface area contributed by atoms with Crippen LogP contribution in [0, 0.1) is 5.92 Å². The van der Waals surface area contributed by atoms with Gasteiger partial charge in [-0.25, -0.2) is 0 Å². The summed E-state index contributed by atoms with van der Waals surface area (Å²) in [5.74, 6) is 1.53. The summed E-state index contributed by atoms with van der Waals surface area (Å²) in [6.07, 6.45) is 5.06. The smallest absolute Gasteiger partial charge is 0.254 e. The maximum absolute atomic E-state index is 13.4. The highest BCUT2D eigenvalue weighted by Crippen LogP contribution is 2.41. The lowest BCUT2D eigenvalue weighted by Gasteiger charge is -2.34. The highest BCUT2D eigenvalue weighted by atomic mass is 16.5. The number of carbonyl (C=O) groups is 2. The van der Waals surface area contributed by atoms with E-state index in [0.29, 0.717) is 23.0 Å². The average molecular weight is 437 g/mol. The molecule has 1 aliphatic carbocycles. The molecule has 0 spiro atoms. The van der Waals surface area contributed by atoms with Crippen LogP contribution in [-0.2, 0) is 4.79 Å². The van der Waals surface area contributed by atoms with Crippen molar-refractivity contribution in [1.29, 1.82) is 0 Å². The molecule has 2 aliphatic rings. The van der Waals surface area contributed by atoms with E-state index in [1.54, 1.807) is 14.2 Å². The summed E-state index contributed by atoms with van der Waals surface area (Å²) in [6, 6.07) is 14.4. The van der Waals surface area contributed by atoms with Crippen LogP contribution in [0.4, 0.5) is 0 Å². The van der Waals surface area contributed by atoms with Crippen molar-refractivity contribution in [3.8, 4) is 11.5 Å². The SMILES string of the molecule is COc1ccc(C(C)NC(=O)C2CC3CCCCC3N2C(=O)c2ccccc2)cc1OC. The lowest BCUT2D eigenvalue weighted by atomic mass is 9.84. The normalized spacial score (nSPS) is 23.2. The Hall–Kier alpha value is -3.02. The second-order valence-electron chi connectivity index (χ2n) is 8.79. The van der Waals surface area contributed by atoms with Crippen molar-refractivity contribution in [3.05, 3.63) is 59.7 Å². The van der Waals surface area contributed by atoms with Crippen LogP contribution >= 0.6 is 0 Å². The van der Waals surface area contributed by atoms with Crippen molar-refractivity contribution < 1.29 is 19.1 Å². The molecule has 2 aromatic rings. The molecule has 4 rings (SSSR count). The van der Waals surface area contributed by atoms with Crippen LogP contribution in [0.15, 0.2) is 48.5 Å². The molecule has 1 N–H and O–H groups in total. The molecular formula is C26H32N2O4. The van der Waals surface area contributed by atoms with E-state index < -0.39 is 6.04 Å². The molecule has 2 amide bonds. The minimum absolute atomic E-state index is 0.0427. The average Bonchev–Trinajstić information content (AvgIpc) is 3.23. The molecule has 6 heteroatoms. The van der Waals surface area contributed by atoms with Crippen LogP contribution in [0.3, 0.4) is 0 Å². The van der Waals surface area contributed by atoms with Gasteiger partial charge in [0, 0.05) is 11.6 Å². The molecule has 0 bridgehead atoms. The highest BCUT2D eigenvalue weighted by Gasteiger charge is 2.47. The number of hydrogen-bond acceptors (Lipinski definition) is 4. The minimum atomic E-state index is -0.446. The molecule has 0 aromatic heterocycles. The number of ether oxygens (including phenoxy) is 2. The lowest BCUT2D eigenvalue weighted by molar-refractivity contribution is -0.125. The maximum atomic E-state index is 13.4. The number of rotatable bonds is 6. The Morgan fingerprint density at radius 2 is 1.72 bits per heavy atom. The standard InChI is InChI=1S/C26H32N2O4/c1-17(19-13-14-23(31-2)24(16-19)32-3)27-25(29)22-15-20-11-7-8-12-21(20)28(22)26(30)18-9-5-4-6-10-18/h4-6,9-10,13-14,16-17,20-22H,7-8,11-12,15H2,1-3H3,(H,27,29). The van der Waals surface area contributed by atoms with Crippen molar-refractivity contribution in [2.75, 3.05) is 14.2 Å². The fraction of sp³-hybridized carbons (Fsp3) is 0.462. The Labute approximate surface area is 189 Å². The predicted molar refractivity (Wildman–Crippen MR) is 123 cm³/mol. The fourth-order valence-electron chi connectivity index (χ4n) is 5.23. The highest BCUT2D eigenvalue weighted by molar-refractivity contribution is 5.98. The van der Waals surface area contributed by atoms with Crippen LogP contribution < -0.4 is 14.8 Å². The van der Waals surface area contributed by atoms with E-state index in [1.807, 2.05) is 60.4 Å². The molecule has 4 atom stereocenters. The third-order valence-electron chi connectivity index (χ3n) is 6.91. The van der Waals surface area contributed by atoms with Crippen LogP contribution in [-0.4, -0.2) is 43.0 Å². The minimum Gasteiger partial charge on any atom is -0.493 e. The number of hydrogen-bond donors (Lipinski definition) is 1. The third-order valence-corrected chi connectivity index (χ3v) is 6.91. The Bertz CT molecular complexity index is 962. The molecule has 1 heterocycles. The van der Waals surface area contributed by atoms with E-state index in [1.165, 1.54) is 6.42 Å². The second kappa shape index (κ2) is 9.63. The topological polar surface area (TPSA) is 67.9 Å². The summed E-state index contributed by atoms with van der Waals surface area (Å²) in [7, 11) is 3.19. The van der Waals surface area contributed by atoms with Gasteiger partial charge < -0.3 is 19.7 Å². The molecule has 6 nitrogen and oxygen atoms in total. The Morgan fingerprint density at radius 3 is 2.44 bits per heavy atom. The van der Waals surface area contributed by atoms with Crippen molar-refractivity contribution in [2.45, 2.75) is 57.2 Å². The van der Waals surface area contributed by atoms with Gasteiger partial charge in [-0.3, -0.25) is 9.59 Å². The number of nitrogens with zero attached hydrogens (tertiary/aromatic N) is 1. The number of benzene rings is 2. The van der Waals surface area contributed by atoms with Crippen LogP contribution in [0.25, 0.3) is 0 Å². The zero-order valence-corrected chi connectivity index (χ0v) is 19.0. The zero-order chi connectivity index (χ0) is 22.7. The predicted octanol–water partition coefficient (Wildman–Crippen LogP) is 4.35. The molecular weight excluding hydrogens is 404 g/mol. The molecule has 0 radical (unpaired) electrons. The number of methoxy groups -OCH3 is 2. The first-order valence-corrected chi connectivity index (χ1v) is 11.4. The molecule has 2 fully saturated rings. The molecule has 1 saturated heterocycles. The van der Waals surface area contributed by atoms with Crippen molar-refractivity contribution >= 4 is 11.8 Å². The number of likely N-dealkylation sites (tertiary alicyclic amines) is 1. The van der Waals surface area contributed by atoms with Crippen molar-refractivity contribution in [2.24, 2.45) is 5.92 Å². The molecule has 1 aliphatic heterocycles. The first-order valence-electron chi connectivity index (χ1n) is 11.4. The van der Waals surface area contributed by atoms with Crippen molar-refractivity contribution in [3.63, 3.8) is 0 Å². The zero-order valence-electron chi connectivity index (χ0n) is 19.0. The molecule has 4 unspecified atom stereocenters. The Kier molecular flexibility index (Phi) is 6.68. The summed E-state index contributed by atoms with van der Waals surface area (Å²) in [5.41, 5.74) is 1.57. The van der Waals surface area contributed by atoms with Crippen molar-refractivity contribution in [1.82, 2.24) is 10.2 Å². The quantitative estimate of drug-likeness (QED) is 0.731. The Morgan fingerprint density at radius 1 is 1.00 bits per heavy atom. The van der Waals surface area contributed by atoms with E-state index in [9.17, 15) is 9.59 Å². The van der Waals surface area contributed by atoms with Crippen LogP contribution in [0.2, 0.25) is 0 Å². The summed E-state index contributed by atoms with van der Waals surface area (Å²) >= 11 is 0. The van der Waals surface area contributed by atoms with Gasteiger partial charge in [-0.2, -0.15) is 0 Å². The number of nitrogens with one attached hydrogen (secondary N) is 1. The van der Waals surface area contributed by atoms with Gasteiger partial charge in [0.25, 0.3) is 5.91 Å². The maximum Gasteiger partial charge on any atom is 0.254 e. The summed E-state index contributed by atoms with van der Waals surface area (Å²) in [6.45, 7) is 1.95. The van der Waals surface area contributed by atoms with Gasteiger partial charge in [-0.05, 0) is 61.9 Å². The van der Waals surface area contributed by atoms with Crippen LogP contribution in [0.5, 0.6) is 11.5 Å². The van der Waals surface area contributed by atoms with Gasteiger partial charge in [0.05, 0.1) is 20.3 Å². The summed E-state index contributed by atoms with van der Waals surface area (Å²) < 4.78 is 10.7. The van der Waals surface area contributed by atoms with E-state index in [2.05, 4.69) is 5.32 Å². The third kappa shape index (κ3) is 4.31. The van der Waals surface area contributed by atoms with Gasteiger partial charge in [0.1, 0.15) is 6.04 Å². The first-order chi connectivity index (χ1) is 15.5. The van der Waals surface area contributed by atoms with Gasteiger partial charge in [0.2, 0.25) is 5.91 Å². The molecule has 32 heavy (non-hydrogen) atoms. The monoisotopic (exact) mass is 436 g/mol. The summed E-state index contributed by atoms with van der Waals surface area (Å²) in [5, 5.41) is 3.14. The van der Waals surface area contributed by atoms with E-state index in [-0.39, 0.29) is 23.9 Å². The van der Waals surface area contributed by atoms with Gasteiger partial charge in [0.15, 0.2) is 11.5 Å². The lowest BCUT2D eigenvalue weighted by Crippen LogP contribution is -2.50. The number of amides is 2. The van der Waals surface area contributed by atoms with Gasteiger partial charge in [-0.1, -0.05) is 37.1 Å².